The van der Waals surface area contributed by atoms with E-state index in [9.17, 15) is 4.79 Å². The van der Waals surface area contributed by atoms with Crippen LogP contribution in [0.3, 0.4) is 0 Å². The molecular formula is C12H17NO2. The van der Waals surface area contributed by atoms with Crippen LogP contribution in [-0.4, -0.2) is 12.0 Å². The Morgan fingerprint density at radius 1 is 1.40 bits per heavy atom. The maximum atomic E-state index is 10.7. The summed E-state index contributed by atoms with van der Waals surface area (Å²) in [6, 6.07) is 7.66. The summed E-state index contributed by atoms with van der Waals surface area (Å²) < 4.78 is 4.93. The minimum Gasteiger partial charge on any atom is -0.427 e. The highest BCUT2D eigenvalue weighted by molar-refractivity contribution is 5.69. The van der Waals surface area contributed by atoms with E-state index in [0.717, 1.165) is 12.8 Å². The van der Waals surface area contributed by atoms with Crippen LogP contribution in [0.15, 0.2) is 24.3 Å². The molecule has 1 aromatic carbocycles. The monoisotopic (exact) mass is 207 g/mol. The summed E-state index contributed by atoms with van der Waals surface area (Å²) in [5.74, 6) is 0.282. The summed E-state index contributed by atoms with van der Waals surface area (Å²) in [5, 5.41) is 0. The quantitative estimate of drug-likeness (QED) is 0.606. The zero-order chi connectivity index (χ0) is 11.3. The largest absolute Gasteiger partial charge is 0.427 e. The Kier molecular flexibility index (Phi) is 4.31. The van der Waals surface area contributed by atoms with Crippen LogP contribution in [0.4, 0.5) is 0 Å². The van der Waals surface area contributed by atoms with Gasteiger partial charge in [0.25, 0.3) is 0 Å². The van der Waals surface area contributed by atoms with Crippen molar-refractivity contribution in [2.75, 3.05) is 0 Å². The third-order valence-corrected chi connectivity index (χ3v) is 2.21. The van der Waals surface area contributed by atoms with Crippen molar-refractivity contribution in [1.29, 1.82) is 0 Å². The number of carbonyl (C=O) groups excluding carboxylic acids is 1. The van der Waals surface area contributed by atoms with Crippen molar-refractivity contribution < 1.29 is 9.53 Å². The fourth-order valence-electron chi connectivity index (χ4n) is 1.31. The summed E-state index contributed by atoms with van der Waals surface area (Å²) in [6.45, 7) is 3.46. The van der Waals surface area contributed by atoms with Crippen molar-refractivity contribution in [3.8, 4) is 5.75 Å². The zero-order valence-corrected chi connectivity index (χ0v) is 9.19. The molecule has 1 aromatic rings. The molecular weight excluding hydrogens is 190 g/mol. The lowest BCUT2D eigenvalue weighted by molar-refractivity contribution is -0.131. The van der Waals surface area contributed by atoms with Gasteiger partial charge in [-0.1, -0.05) is 19.1 Å². The third kappa shape index (κ3) is 4.13. The molecule has 2 N–H and O–H groups in total. The molecule has 0 saturated carbocycles. The molecule has 0 saturated heterocycles. The van der Waals surface area contributed by atoms with E-state index in [-0.39, 0.29) is 12.0 Å². The van der Waals surface area contributed by atoms with Crippen molar-refractivity contribution in [2.24, 2.45) is 5.73 Å². The molecule has 1 atom stereocenters. The van der Waals surface area contributed by atoms with Crippen LogP contribution in [0.25, 0.3) is 0 Å². The molecule has 1 unspecified atom stereocenters. The Bertz CT molecular complexity index is 319. The Morgan fingerprint density at radius 2 is 2.00 bits per heavy atom. The molecule has 0 spiro atoms. The highest BCUT2D eigenvalue weighted by Crippen LogP contribution is 2.13. The number of ether oxygens (including phenoxy) is 1. The Hall–Kier alpha value is -1.35. The topological polar surface area (TPSA) is 52.3 Å². The first kappa shape index (κ1) is 11.7. The molecule has 15 heavy (non-hydrogen) atoms. The minimum atomic E-state index is -0.298. The molecule has 0 amide bonds. The number of carbonyl (C=O) groups is 1. The molecule has 3 heteroatoms. The van der Waals surface area contributed by atoms with Gasteiger partial charge in [0, 0.05) is 13.0 Å². The fraction of sp³-hybridized carbons (Fsp3) is 0.417. The maximum absolute atomic E-state index is 10.7. The van der Waals surface area contributed by atoms with E-state index in [4.69, 9.17) is 10.5 Å². The first-order valence-corrected chi connectivity index (χ1v) is 5.14. The molecule has 0 heterocycles. The molecule has 0 aliphatic heterocycles. The second-order valence-electron chi connectivity index (χ2n) is 3.61. The van der Waals surface area contributed by atoms with E-state index in [0.29, 0.717) is 5.75 Å². The maximum Gasteiger partial charge on any atom is 0.308 e. The molecule has 0 aliphatic carbocycles. The highest BCUT2D eigenvalue weighted by Gasteiger charge is 2.02. The number of rotatable bonds is 4. The molecule has 3 nitrogen and oxygen atoms in total. The average Bonchev–Trinajstić information content (AvgIpc) is 2.20. The van der Waals surface area contributed by atoms with E-state index in [1.807, 2.05) is 12.1 Å². The predicted molar refractivity (Wildman–Crippen MR) is 59.7 cm³/mol. The van der Waals surface area contributed by atoms with Crippen LogP contribution >= 0.6 is 0 Å². The van der Waals surface area contributed by atoms with Gasteiger partial charge in [-0.3, -0.25) is 4.79 Å². The van der Waals surface area contributed by atoms with Gasteiger partial charge in [0.05, 0.1) is 0 Å². The number of hydrogen-bond donors (Lipinski definition) is 1. The van der Waals surface area contributed by atoms with Crippen LogP contribution in [0, 0.1) is 0 Å². The number of hydrogen-bond acceptors (Lipinski definition) is 3. The summed E-state index contributed by atoms with van der Waals surface area (Å²) >= 11 is 0. The first-order chi connectivity index (χ1) is 7.11. The lowest BCUT2D eigenvalue weighted by Gasteiger charge is -2.08. The van der Waals surface area contributed by atoms with Crippen molar-refractivity contribution >= 4 is 5.97 Å². The molecule has 0 aromatic heterocycles. The molecule has 0 bridgehead atoms. The Labute approximate surface area is 90.2 Å². The number of benzene rings is 1. The minimum absolute atomic E-state index is 0.199. The van der Waals surface area contributed by atoms with E-state index in [1.54, 1.807) is 12.1 Å². The van der Waals surface area contributed by atoms with Gasteiger partial charge in [0.2, 0.25) is 0 Å². The number of nitrogens with two attached hydrogens (primary N) is 1. The standard InChI is InChI=1S/C12H17NO2/c1-3-11(13)8-10-4-6-12(7-5-10)15-9(2)14/h4-7,11H,3,8,13H2,1-2H3. The van der Waals surface area contributed by atoms with Crippen LogP contribution in [0.2, 0.25) is 0 Å². The highest BCUT2D eigenvalue weighted by atomic mass is 16.5. The Balaban J connectivity index is 2.60. The van der Waals surface area contributed by atoms with Gasteiger partial charge in [0.15, 0.2) is 0 Å². The van der Waals surface area contributed by atoms with E-state index in [1.165, 1.54) is 12.5 Å². The fourth-order valence-corrected chi connectivity index (χ4v) is 1.31. The van der Waals surface area contributed by atoms with Gasteiger partial charge in [0.1, 0.15) is 5.75 Å². The van der Waals surface area contributed by atoms with Crippen molar-refractivity contribution in [3.05, 3.63) is 29.8 Å². The van der Waals surface area contributed by atoms with Crippen LogP contribution in [0.1, 0.15) is 25.8 Å². The van der Waals surface area contributed by atoms with Gasteiger partial charge in [-0.2, -0.15) is 0 Å². The smallest absolute Gasteiger partial charge is 0.308 e. The second kappa shape index (κ2) is 5.51. The van der Waals surface area contributed by atoms with Crippen LogP contribution in [-0.2, 0) is 11.2 Å². The van der Waals surface area contributed by atoms with Gasteiger partial charge in [-0.15, -0.1) is 0 Å². The molecule has 0 radical (unpaired) electrons. The van der Waals surface area contributed by atoms with Crippen molar-refractivity contribution in [3.63, 3.8) is 0 Å². The van der Waals surface area contributed by atoms with Crippen molar-refractivity contribution in [2.45, 2.75) is 32.7 Å². The van der Waals surface area contributed by atoms with E-state index >= 15 is 0 Å². The van der Waals surface area contributed by atoms with Gasteiger partial charge < -0.3 is 10.5 Å². The lowest BCUT2D eigenvalue weighted by atomic mass is 10.0. The van der Waals surface area contributed by atoms with E-state index in [2.05, 4.69) is 6.92 Å². The summed E-state index contributed by atoms with van der Waals surface area (Å²) in [5.41, 5.74) is 7.01. The zero-order valence-electron chi connectivity index (χ0n) is 9.19. The summed E-state index contributed by atoms with van der Waals surface area (Å²) in [4.78, 5) is 10.7. The SMILES string of the molecule is CCC(N)Cc1ccc(OC(C)=O)cc1. The molecule has 82 valence electrons. The average molecular weight is 207 g/mol. The lowest BCUT2D eigenvalue weighted by Crippen LogP contribution is -2.21. The second-order valence-corrected chi connectivity index (χ2v) is 3.61. The van der Waals surface area contributed by atoms with Gasteiger partial charge in [-0.25, -0.2) is 0 Å². The van der Waals surface area contributed by atoms with Crippen molar-refractivity contribution in [1.82, 2.24) is 0 Å². The molecule has 0 fully saturated rings. The summed E-state index contributed by atoms with van der Waals surface area (Å²) in [7, 11) is 0. The molecule has 0 aliphatic rings. The number of esters is 1. The Morgan fingerprint density at radius 3 is 2.47 bits per heavy atom. The summed E-state index contributed by atoms with van der Waals surface area (Å²) in [6.07, 6.45) is 1.82. The normalized spacial score (nSPS) is 12.2. The van der Waals surface area contributed by atoms with Gasteiger partial charge in [-0.05, 0) is 30.5 Å². The first-order valence-electron chi connectivity index (χ1n) is 5.14. The third-order valence-electron chi connectivity index (χ3n) is 2.21. The van der Waals surface area contributed by atoms with Crippen LogP contribution < -0.4 is 10.5 Å². The van der Waals surface area contributed by atoms with E-state index < -0.39 is 0 Å². The van der Waals surface area contributed by atoms with Crippen LogP contribution in [0.5, 0.6) is 5.75 Å². The molecule has 1 rings (SSSR count). The predicted octanol–water partition coefficient (Wildman–Crippen LogP) is 1.89. The van der Waals surface area contributed by atoms with Gasteiger partial charge >= 0.3 is 5.97 Å².